The topological polar surface area (TPSA) is 108 Å². The van der Waals surface area contributed by atoms with Crippen molar-refractivity contribution in [2.24, 2.45) is 5.92 Å². The molecule has 0 radical (unpaired) electrons. The van der Waals surface area contributed by atoms with Gasteiger partial charge < -0.3 is 20.1 Å². The van der Waals surface area contributed by atoms with Gasteiger partial charge in [-0.2, -0.15) is 4.98 Å². The van der Waals surface area contributed by atoms with E-state index in [0.717, 1.165) is 44.1 Å². The number of nitrogens with zero attached hydrogens (tertiary/aromatic N) is 4. The molecule has 2 amide bonds. The number of hydrogen-bond donors (Lipinski definition) is 2. The number of benzene rings is 1. The van der Waals surface area contributed by atoms with Gasteiger partial charge >= 0.3 is 6.09 Å². The van der Waals surface area contributed by atoms with E-state index in [9.17, 15) is 14.7 Å². The molecular weight excluding hydrogens is 530 g/mol. The number of piperidine rings is 1. The van der Waals surface area contributed by atoms with Crippen molar-refractivity contribution in [3.8, 4) is 0 Å². The second kappa shape index (κ2) is 13.5. The number of amides is 2. The van der Waals surface area contributed by atoms with Crippen molar-refractivity contribution in [1.82, 2.24) is 14.9 Å². The number of halogens is 1. The van der Waals surface area contributed by atoms with Gasteiger partial charge in [0.1, 0.15) is 11.4 Å². The van der Waals surface area contributed by atoms with Gasteiger partial charge in [-0.15, -0.1) is 0 Å². The van der Waals surface area contributed by atoms with Gasteiger partial charge in [0, 0.05) is 43.0 Å². The summed E-state index contributed by atoms with van der Waals surface area (Å²) in [5, 5.41) is 13.8. The number of hydrogen-bond acceptors (Lipinski definition) is 7. The molecule has 1 aliphatic carbocycles. The van der Waals surface area contributed by atoms with E-state index in [2.05, 4.69) is 10.3 Å². The van der Waals surface area contributed by atoms with E-state index < -0.39 is 5.60 Å². The zero-order chi connectivity index (χ0) is 28.7. The second-order valence-electron chi connectivity index (χ2n) is 11.6. The molecule has 0 unspecified atom stereocenters. The van der Waals surface area contributed by atoms with Crippen LogP contribution in [-0.4, -0.2) is 69.4 Å². The highest BCUT2D eigenvalue weighted by atomic mass is 35.5. The minimum atomic E-state index is -0.540. The van der Waals surface area contributed by atoms with Crippen molar-refractivity contribution in [1.29, 1.82) is 0 Å². The molecule has 216 valence electrons. The molecule has 1 aromatic heterocycles. The number of aliphatic hydroxyl groups excluding tert-OH is 1. The molecule has 1 saturated heterocycles. The van der Waals surface area contributed by atoms with Crippen LogP contribution in [0.5, 0.6) is 0 Å². The predicted octanol–water partition coefficient (Wildman–Crippen LogP) is 5.54. The van der Waals surface area contributed by atoms with Crippen LogP contribution in [0.3, 0.4) is 0 Å². The number of carbonyl (C=O) groups excluding carboxylic acids is 2. The third-order valence-electron chi connectivity index (χ3n) is 7.23. The number of carbonyl (C=O) groups is 2. The van der Waals surface area contributed by atoms with Crippen molar-refractivity contribution in [3.63, 3.8) is 0 Å². The number of nitrogens with one attached hydrogen (secondary N) is 1. The number of aliphatic hydroxyl groups is 1. The average Bonchev–Trinajstić information content (AvgIpc) is 2.92. The minimum Gasteiger partial charge on any atom is -0.444 e. The first kappa shape index (κ1) is 29.8. The van der Waals surface area contributed by atoms with Crippen LogP contribution in [0.4, 0.5) is 16.6 Å². The van der Waals surface area contributed by atoms with Gasteiger partial charge in [-0.3, -0.25) is 9.69 Å². The number of likely N-dealkylation sites (tertiary alicyclic amines) is 1. The zero-order valence-corrected chi connectivity index (χ0v) is 24.3. The van der Waals surface area contributed by atoms with Gasteiger partial charge in [0.2, 0.25) is 5.95 Å². The lowest BCUT2D eigenvalue weighted by Gasteiger charge is -2.35. The second-order valence-corrected chi connectivity index (χ2v) is 12.0. The van der Waals surface area contributed by atoms with E-state index in [1.165, 1.54) is 6.08 Å². The lowest BCUT2D eigenvalue weighted by molar-refractivity contribution is -0.114. The Kier molecular flexibility index (Phi) is 10.0. The van der Waals surface area contributed by atoms with Crippen LogP contribution in [0.15, 0.2) is 42.6 Å². The maximum absolute atomic E-state index is 13.6. The number of rotatable bonds is 7. The Balaban J connectivity index is 1.48. The fourth-order valence-electron chi connectivity index (χ4n) is 5.01. The molecule has 4 rings (SSSR count). The monoisotopic (exact) mass is 569 g/mol. The normalized spacial score (nSPS) is 20.4. The van der Waals surface area contributed by atoms with E-state index in [0.29, 0.717) is 36.4 Å². The van der Waals surface area contributed by atoms with Crippen LogP contribution < -0.4 is 10.2 Å². The molecule has 9 nitrogen and oxygen atoms in total. The highest BCUT2D eigenvalue weighted by Gasteiger charge is 2.29. The van der Waals surface area contributed by atoms with Crippen molar-refractivity contribution in [2.45, 2.75) is 77.0 Å². The molecule has 2 N–H and O–H groups in total. The Bertz CT molecular complexity index is 1180. The molecule has 0 bridgehead atoms. The van der Waals surface area contributed by atoms with Gasteiger partial charge in [-0.25, -0.2) is 9.78 Å². The molecule has 2 aromatic rings. The van der Waals surface area contributed by atoms with Gasteiger partial charge in [0.15, 0.2) is 0 Å². The van der Waals surface area contributed by atoms with Gasteiger partial charge in [0.25, 0.3) is 5.91 Å². The SMILES string of the molecule is CC(C)(C)OC(=O)N1CCC(CN(C(=O)/C=C/c2ccccc2Cl)c2ccnc(NC3CCC(O)CC3)n2)CC1. The highest BCUT2D eigenvalue weighted by Crippen LogP contribution is 2.25. The summed E-state index contributed by atoms with van der Waals surface area (Å²) in [5.41, 5.74) is 0.217. The van der Waals surface area contributed by atoms with E-state index in [4.69, 9.17) is 21.3 Å². The minimum absolute atomic E-state index is 0.181. The first-order valence-electron chi connectivity index (χ1n) is 14.1. The van der Waals surface area contributed by atoms with Crippen LogP contribution in [0.25, 0.3) is 6.08 Å². The molecule has 10 heteroatoms. The van der Waals surface area contributed by atoms with E-state index in [1.807, 2.05) is 39.0 Å². The summed E-state index contributed by atoms with van der Waals surface area (Å²) in [6.45, 7) is 7.18. The van der Waals surface area contributed by atoms with E-state index in [1.54, 1.807) is 34.2 Å². The van der Waals surface area contributed by atoms with Crippen LogP contribution in [0.1, 0.15) is 64.9 Å². The average molecular weight is 570 g/mol. The molecule has 1 aromatic carbocycles. The number of ether oxygens (including phenoxy) is 1. The van der Waals surface area contributed by atoms with Crippen molar-refractivity contribution in [2.75, 3.05) is 29.9 Å². The molecule has 2 aliphatic rings. The van der Waals surface area contributed by atoms with Gasteiger partial charge in [-0.1, -0.05) is 29.8 Å². The van der Waals surface area contributed by atoms with E-state index >= 15 is 0 Å². The standard InChI is InChI=1S/C30H40ClN5O4/c1-30(2,3)40-29(39)35-18-15-21(16-19-35)20-36(27(38)13-8-22-6-4-5-7-25(22)31)26-14-17-32-28(34-26)33-23-9-11-24(37)12-10-23/h4-8,13-14,17,21,23-24,37H,9-12,15-16,18-20H2,1-3H3,(H,32,33,34)/b13-8+. The summed E-state index contributed by atoms with van der Waals surface area (Å²) < 4.78 is 5.53. The molecular formula is C30H40ClN5O4. The Morgan fingerprint density at radius 1 is 1.12 bits per heavy atom. The predicted molar refractivity (Wildman–Crippen MR) is 157 cm³/mol. The van der Waals surface area contributed by atoms with Crippen molar-refractivity contribution >= 4 is 41.4 Å². The summed E-state index contributed by atoms with van der Waals surface area (Å²) in [6.07, 6.45) is 9.02. The van der Waals surface area contributed by atoms with Crippen molar-refractivity contribution in [3.05, 3.63) is 53.2 Å². The molecule has 2 fully saturated rings. The Labute approximate surface area is 241 Å². The summed E-state index contributed by atoms with van der Waals surface area (Å²) in [7, 11) is 0. The fraction of sp³-hybridized carbons (Fsp3) is 0.533. The first-order chi connectivity index (χ1) is 19.1. The molecule has 0 spiro atoms. The largest absolute Gasteiger partial charge is 0.444 e. The summed E-state index contributed by atoms with van der Waals surface area (Å²) in [5.74, 6) is 0.950. The first-order valence-corrected chi connectivity index (χ1v) is 14.4. The molecule has 1 saturated carbocycles. The molecule has 40 heavy (non-hydrogen) atoms. The van der Waals surface area contributed by atoms with Gasteiger partial charge in [-0.05, 0) is 89.0 Å². The zero-order valence-electron chi connectivity index (χ0n) is 23.6. The Hall–Kier alpha value is -3.17. The van der Waals surface area contributed by atoms with Crippen LogP contribution >= 0.6 is 11.6 Å². The summed E-state index contributed by atoms with van der Waals surface area (Å²) in [6, 6.07) is 9.29. The Morgan fingerprint density at radius 2 is 1.82 bits per heavy atom. The van der Waals surface area contributed by atoms with Crippen LogP contribution in [0, 0.1) is 5.92 Å². The lowest BCUT2D eigenvalue weighted by Crippen LogP contribution is -2.44. The molecule has 0 atom stereocenters. The summed E-state index contributed by atoms with van der Waals surface area (Å²) >= 11 is 6.30. The third kappa shape index (κ3) is 8.66. The third-order valence-corrected chi connectivity index (χ3v) is 7.58. The maximum Gasteiger partial charge on any atom is 0.410 e. The number of anilines is 2. The quantitative estimate of drug-likeness (QED) is 0.421. The van der Waals surface area contributed by atoms with Gasteiger partial charge in [0.05, 0.1) is 6.10 Å². The Morgan fingerprint density at radius 3 is 2.50 bits per heavy atom. The lowest BCUT2D eigenvalue weighted by atomic mass is 9.93. The summed E-state index contributed by atoms with van der Waals surface area (Å²) in [4.78, 5) is 38.6. The molecule has 1 aliphatic heterocycles. The van der Waals surface area contributed by atoms with Crippen molar-refractivity contribution < 1.29 is 19.4 Å². The smallest absolute Gasteiger partial charge is 0.410 e. The van der Waals surface area contributed by atoms with E-state index in [-0.39, 0.29) is 30.1 Å². The fourth-order valence-corrected chi connectivity index (χ4v) is 5.21. The van der Waals surface area contributed by atoms with Crippen LogP contribution in [0.2, 0.25) is 5.02 Å². The van der Waals surface area contributed by atoms with Crippen LogP contribution in [-0.2, 0) is 9.53 Å². The molecule has 2 heterocycles. The number of aromatic nitrogens is 2. The highest BCUT2D eigenvalue weighted by molar-refractivity contribution is 6.32. The maximum atomic E-state index is 13.6.